The molecule has 1 aliphatic rings. The Bertz CT molecular complexity index is 1510. The van der Waals surface area contributed by atoms with Crippen LogP contribution in [0.3, 0.4) is 0 Å². The molecule has 0 atom stereocenters. The molecule has 0 bridgehead atoms. The van der Waals surface area contributed by atoms with Crippen LogP contribution in [0.15, 0.2) is 48.5 Å². The lowest BCUT2D eigenvalue weighted by Crippen LogP contribution is -2.35. The molecule has 3 N–H and O–H groups in total. The molecule has 9 nitrogen and oxygen atoms in total. The number of para-hydroxylation sites is 1. The molecule has 3 aromatic rings. The van der Waals surface area contributed by atoms with E-state index in [1.165, 1.54) is 35.2 Å². The Morgan fingerprint density at radius 1 is 1.17 bits per heavy atom. The van der Waals surface area contributed by atoms with Crippen molar-refractivity contribution in [2.75, 3.05) is 22.5 Å². The van der Waals surface area contributed by atoms with Gasteiger partial charge in [0.05, 0.1) is 21.9 Å². The van der Waals surface area contributed by atoms with E-state index >= 15 is 0 Å². The van der Waals surface area contributed by atoms with Crippen LogP contribution in [0, 0.1) is 9.77 Å². The number of amides is 2. The highest BCUT2D eigenvalue weighted by molar-refractivity contribution is 7.85. The van der Waals surface area contributed by atoms with Gasteiger partial charge in [0, 0.05) is 17.8 Å². The van der Waals surface area contributed by atoms with Crippen molar-refractivity contribution in [2.45, 2.75) is 6.54 Å². The van der Waals surface area contributed by atoms with E-state index < -0.39 is 33.5 Å². The maximum absolute atomic E-state index is 13.3. The van der Waals surface area contributed by atoms with Gasteiger partial charge in [0.15, 0.2) is 3.95 Å². The van der Waals surface area contributed by atoms with E-state index in [0.29, 0.717) is 16.9 Å². The smallest absolute Gasteiger partial charge is 0.266 e. The van der Waals surface area contributed by atoms with Crippen molar-refractivity contribution in [3.05, 3.63) is 68.7 Å². The van der Waals surface area contributed by atoms with Gasteiger partial charge in [-0.3, -0.25) is 23.6 Å². The number of hydrogen-bond donors (Lipinski definition) is 3. The lowest BCUT2D eigenvalue weighted by atomic mass is 10.1. The van der Waals surface area contributed by atoms with E-state index in [4.69, 9.17) is 16.8 Å². The molecule has 0 aliphatic carbocycles. The van der Waals surface area contributed by atoms with Crippen LogP contribution in [0.25, 0.3) is 11.6 Å². The zero-order valence-corrected chi connectivity index (χ0v) is 20.3. The van der Waals surface area contributed by atoms with Gasteiger partial charge in [0.25, 0.3) is 16.0 Å². The van der Waals surface area contributed by atoms with Gasteiger partial charge in [-0.05, 0) is 48.6 Å². The van der Waals surface area contributed by atoms with Crippen LogP contribution in [0.1, 0.15) is 10.4 Å². The van der Waals surface area contributed by atoms with Crippen LogP contribution < -0.4 is 10.2 Å². The molecule has 4 rings (SSSR count). The summed E-state index contributed by atoms with van der Waals surface area (Å²) in [6, 6.07) is 12.0. The molecule has 0 unspecified atom stereocenters. The maximum Gasteiger partial charge on any atom is 0.266 e. The molecule has 0 fully saturated rings. The molecule has 0 saturated carbocycles. The molecule has 0 radical (unpaired) electrons. The van der Waals surface area contributed by atoms with Crippen LogP contribution in [-0.4, -0.2) is 46.8 Å². The minimum atomic E-state index is -4.27. The molecule has 2 aromatic carbocycles. The van der Waals surface area contributed by atoms with Crippen molar-refractivity contribution in [2.24, 2.45) is 0 Å². The van der Waals surface area contributed by atoms with Crippen LogP contribution in [0.5, 0.6) is 5.88 Å². The average molecular weight is 536 g/mol. The van der Waals surface area contributed by atoms with Gasteiger partial charge in [-0.1, -0.05) is 18.2 Å². The number of hydrogen-bond acceptors (Lipinski definition) is 7. The lowest BCUT2D eigenvalue weighted by Gasteiger charge is -2.16. The van der Waals surface area contributed by atoms with Crippen molar-refractivity contribution >= 4 is 68.5 Å². The number of anilines is 2. The molecule has 0 saturated heterocycles. The number of nitrogens with zero attached hydrogens (tertiary/aromatic N) is 2. The molecular weight excluding hydrogens is 517 g/mol. The fraction of sp³-hybridized carbons (Fsp3) is 0.136. The number of carbonyl (C=O) groups is 2. The van der Waals surface area contributed by atoms with Gasteiger partial charge in [0.2, 0.25) is 11.8 Å². The third kappa shape index (κ3) is 5.48. The number of aromatic hydroxyl groups is 1. The molecule has 13 heteroatoms. The zero-order chi connectivity index (χ0) is 25.3. The summed E-state index contributed by atoms with van der Waals surface area (Å²) in [6.45, 7) is -0.564. The summed E-state index contributed by atoms with van der Waals surface area (Å²) >= 11 is 6.16. The lowest BCUT2D eigenvalue weighted by molar-refractivity contribution is -0.118. The zero-order valence-electron chi connectivity index (χ0n) is 17.8. The number of nitrogens with one attached hydrogen (secondary N) is 1. The van der Waals surface area contributed by atoms with Gasteiger partial charge < -0.3 is 10.4 Å². The first-order valence-electron chi connectivity index (χ1n) is 10.1. The molecule has 1 aliphatic heterocycles. The van der Waals surface area contributed by atoms with Crippen molar-refractivity contribution in [3.8, 4) is 5.88 Å². The summed E-state index contributed by atoms with van der Waals surface area (Å²) in [5, 5.41) is 13.2. The number of benzene rings is 2. The van der Waals surface area contributed by atoms with E-state index in [-0.39, 0.29) is 33.4 Å². The van der Waals surface area contributed by atoms with Crippen LogP contribution >= 0.6 is 23.6 Å². The quantitative estimate of drug-likeness (QED) is 0.240. The second-order valence-corrected chi connectivity index (χ2v) is 10.8. The third-order valence-electron chi connectivity index (χ3n) is 5.13. The molecule has 2 amide bonds. The summed E-state index contributed by atoms with van der Waals surface area (Å²) in [6.07, 6.45) is 1.43. The predicted molar refractivity (Wildman–Crippen MR) is 133 cm³/mol. The van der Waals surface area contributed by atoms with Crippen LogP contribution in [-0.2, 0) is 26.3 Å². The topological polar surface area (TPSA) is 129 Å². The summed E-state index contributed by atoms with van der Waals surface area (Å²) in [5.74, 6) is -2.39. The van der Waals surface area contributed by atoms with Crippen molar-refractivity contribution in [1.29, 1.82) is 0 Å². The van der Waals surface area contributed by atoms with Crippen molar-refractivity contribution < 1.29 is 32.1 Å². The second-order valence-electron chi connectivity index (χ2n) is 7.52. The SMILES string of the molecule is O=C(CN1C(=O)C(=Cc2sc(=S)n(CCS(=O)(=O)O)c2O)c2ccccc21)Nc1ccc(F)cc1. The molecule has 1 aromatic heterocycles. The van der Waals surface area contributed by atoms with E-state index in [2.05, 4.69) is 5.32 Å². The first-order valence-corrected chi connectivity index (χ1v) is 12.9. The highest BCUT2D eigenvalue weighted by Gasteiger charge is 2.33. The number of carbonyl (C=O) groups excluding carboxylic acids is 2. The fourth-order valence-corrected chi connectivity index (χ4v) is 5.24. The normalized spacial score (nSPS) is 14.4. The Balaban J connectivity index is 1.62. The molecular formula is C22H18FN3O6S3. The molecule has 0 spiro atoms. The Hall–Kier alpha value is -3.39. The van der Waals surface area contributed by atoms with Gasteiger partial charge in [-0.2, -0.15) is 8.42 Å². The number of aromatic nitrogens is 1. The second kappa shape index (κ2) is 9.70. The Labute approximate surface area is 208 Å². The Morgan fingerprint density at radius 2 is 1.86 bits per heavy atom. The van der Waals surface area contributed by atoms with Gasteiger partial charge in [-0.25, -0.2) is 4.39 Å². The summed E-state index contributed by atoms with van der Waals surface area (Å²) in [5.41, 5.74) is 1.62. The number of fused-ring (bicyclic) bond motifs is 1. The van der Waals surface area contributed by atoms with E-state index in [9.17, 15) is 27.5 Å². The number of rotatable bonds is 7. The summed E-state index contributed by atoms with van der Waals surface area (Å²) < 4.78 is 45.5. The highest BCUT2D eigenvalue weighted by Crippen LogP contribution is 2.39. The average Bonchev–Trinajstić information content (AvgIpc) is 3.21. The molecule has 2 heterocycles. The third-order valence-corrected chi connectivity index (χ3v) is 7.22. The monoisotopic (exact) mass is 535 g/mol. The Morgan fingerprint density at radius 3 is 2.54 bits per heavy atom. The largest absolute Gasteiger partial charge is 0.493 e. The van der Waals surface area contributed by atoms with Crippen molar-refractivity contribution in [1.82, 2.24) is 4.57 Å². The highest BCUT2D eigenvalue weighted by atomic mass is 32.2. The van der Waals surface area contributed by atoms with E-state index in [0.717, 1.165) is 15.9 Å². The number of halogens is 1. The molecule has 35 heavy (non-hydrogen) atoms. The first-order chi connectivity index (χ1) is 16.5. The van der Waals surface area contributed by atoms with Gasteiger partial charge >= 0.3 is 0 Å². The predicted octanol–water partition coefficient (Wildman–Crippen LogP) is 3.54. The van der Waals surface area contributed by atoms with E-state index in [1.54, 1.807) is 24.3 Å². The van der Waals surface area contributed by atoms with Crippen LogP contribution in [0.4, 0.5) is 15.8 Å². The fourth-order valence-electron chi connectivity index (χ4n) is 3.52. The molecule has 182 valence electrons. The summed E-state index contributed by atoms with van der Waals surface area (Å²) in [7, 11) is -4.27. The first kappa shape index (κ1) is 24.7. The Kier molecular flexibility index (Phi) is 6.85. The maximum atomic E-state index is 13.3. The minimum absolute atomic E-state index is 0.160. The number of thiazole rings is 1. The van der Waals surface area contributed by atoms with Gasteiger partial charge in [0.1, 0.15) is 12.4 Å². The standard InChI is InChI=1S/C22H18FN3O6S3/c23-13-5-7-14(8-6-13)24-19(27)12-26-17-4-2-1-3-15(17)16(20(26)28)11-18-21(29)25(22(33)34-18)9-10-35(30,31)32/h1-8,11,29H,9-10,12H2,(H,24,27)(H,30,31,32). The van der Waals surface area contributed by atoms with Crippen LogP contribution in [0.2, 0.25) is 0 Å². The minimum Gasteiger partial charge on any atom is -0.493 e. The van der Waals surface area contributed by atoms with E-state index in [1.807, 2.05) is 0 Å². The van der Waals surface area contributed by atoms with Crippen molar-refractivity contribution in [3.63, 3.8) is 0 Å². The summed E-state index contributed by atoms with van der Waals surface area (Å²) in [4.78, 5) is 27.4. The van der Waals surface area contributed by atoms with Gasteiger partial charge in [-0.15, -0.1) is 11.3 Å².